The summed E-state index contributed by atoms with van der Waals surface area (Å²) in [5.74, 6) is 0.864. The maximum absolute atomic E-state index is 13.8. The van der Waals surface area contributed by atoms with Gasteiger partial charge >= 0.3 is 0 Å². The molecule has 2 aliphatic rings. The molecule has 214 valence electrons. The van der Waals surface area contributed by atoms with E-state index in [1.807, 2.05) is 38.4 Å². The third kappa shape index (κ3) is 6.24. The van der Waals surface area contributed by atoms with Crippen LogP contribution in [0, 0.1) is 17.8 Å². The fourth-order valence-electron chi connectivity index (χ4n) is 6.23. The third-order valence-corrected chi connectivity index (χ3v) is 8.72. The number of aliphatic hydroxyl groups excluding tert-OH is 2. The van der Waals surface area contributed by atoms with Gasteiger partial charge in [0, 0.05) is 42.9 Å². The normalized spacial score (nSPS) is 28.2. The van der Waals surface area contributed by atoms with Crippen LogP contribution in [0.3, 0.4) is 0 Å². The molecule has 8 nitrogen and oxygen atoms in total. The van der Waals surface area contributed by atoms with Crippen molar-refractivity contribution in [1.29, 1.82) is 0 Å². The molecule has 3 N–H and O–H groups in total. The number of nitrogens with one attached hydrogen (secondary N) is 1. The van der Waals surface area contributed by atoms with Crippen LogP contribution < -0.4 is 15.0 Å². The van der Waals surface area contributed by atoms with Gasteiger partial charge in [-0.3, -0.25) is 9.63 Å². The lowest BCUT2D eigenvalue weighted by Crippen LogP contribution is -2.53. The van der Waals surface area contributed by atoms with E-state index in [1.54, 1.807) is 19.1 Å². The monoisotopic (exact) mass is 539 g/mol. The van der Waals surface area contributed by atoms with Crippen LogP contribution in [-0.4, -0.2) is 73.3 Å². The summed E-state index contributed by atoms with van der Waals surface area (Å²) in [5.41, 5.74) is 3.89. The molecule has 2 aromatic rings. The van der Waals surface area contributed by atoms with Gasteiger partial charge < -0.3 is 25.2 Å². The van der Waals surface area contributed by atoms with E-state index in [9.17, 15) is 15.0 Å². The zero-order valence-corrected chi connectivity index (χ0v) is 24.1. The van der Waals surface area contributed by atoms with Gasteiger partial charge in [-0.25, -0.2) is 0 Å². The average Bonchev–Trinajstić information content (AvgIpc) is 3.30. The molecule has 8 heteroatoms. The number of ether oxygens (including phenoxy) is 1. The molecule has 7 atom stereocenters. The van der Waals surface area contributed by atoms with Gasteiger partial charge in [-0.15, -0.1) is 0 Å². The Hall–Kier alpha value is -2.65. The predicted molar refractivity (Wildman–Crippen MR) is 153 cm³/mol. The van der Waals surface area contributed by atoms with E-state index in [0.29, 0.717) is 17.6 Å². The molecule has 1 saturated heterocycles. The van der Waals surface area contributed by atoms with Crippen LogP contribution in [0.25, 0.3) is 11.1 Å². The number of carbonyl (C=O) groups is 1. The zero-order chi connectivity index (χ0) is 28.3. The number of nitrogens with zero attached hydrogens (tertiary/aromatic N) is 2. The third-order valence-electron chi connectivity index (χ3n) is 8.72. The molecule has 1 aliphatic carbocycles. The van der Waals surface area contributed by atoms with Crippen molar-refractivity contribution < 1.29 is 24.6 Å². The van der Waals surface area contributed by atoms with Crippen molar-refractivity contribution in [1.82, 2.24) is 10.4 Å². The highest BCUT2D eigenvalue weighted by Crippen LogP contribution is 2.38. The van der Waals surface area contributed by atoms with Crippen molar-refractivity contribution >= 4 is 11.6 Å². The van der Waals surface area contributed by atoms with Gasteiger partial charge in [0.1, 0.15) is 17.9 Å². The molecule has 0 spiro atoms. The summed E-state index contributed by atoms with van der Waals surface area (Å²) in [7, 11) is 5.66. The Balaban J connectivity index is 1.65. The van der Waals surface area contributed by atoms with Gasteiger partial charge in [0.25, 0.3) is 0 Å². The van der Waals surface area contributed by atoms with Gasteiger partial charge in [0.2, 0.25) is 5.91 Å². The second-order valence-electron chi connectivity index (χ2n) is 11.5. The first kappa shape index (κ1) is 29.3. The van der Waals surface area contributed by atoms with Crippen molar-refractivity contribution in [3.8, 4) is 16.9 Å². The SMILES string of the molecule is COc1c(CN2O[C@@H](CO)[C@@H]([C@H](C)O)[C@H]2C(=O)N[C@H]2CCC[C@H](C)[C@@H]2C)cccc1-c1cccc(N(C)C)c1. The van der Waals surface area contributed by atoms with E-state index < -0.39 is 24.2 Å². The predicted octanol–water partition coefficient (Wildman–Crippen LogP) is 3.84. The van der Waals surface area contributed by atoms with Gasteiger partial charge in [-0.05, 0) is 42.9 Å². The average molecular weight is 540 g/mol. The van der Waals surface area contributed by atoms with Crippen molar-refractivity contribution in [2.75, 3.05) is 32.7 Å². The maximum atomic E-state index is 13.8. The highest BCUT2D eigenvalue weighted by molar-refractivity contribution is 5.83. The topological polar surface area (TPSA) is 94.5 Å². The van der Waals surface area contributed by atoms with E-state index in [1.165, 1.54) is 6.42 Å². The van der Waals surface area contributed by atoms with Crippen molar-refractivity contribution in [3.05, 3.63) is 48.0 Å². The second kappa shape index (κ2) is 12.7. The summed E-state index contributed by atoms with van der Waals surface area (Å²) in [6, 6.07) is 13.5. The van der Waals surface area contributed by atoms with Crippen molar-refractivity contribution in [3.63, 3.8) is 0 Å². The van der Waals surface area contributed by atoms with Crippen LogP contribution in [0.1, 0.15) is 45.6 Å². The summed E-state index contributed by atoms with van der Waals surface area (Å²) in [6.45, 7) is 6.06. The first-order valence-electron chi connectivity index (χ1n) is 14.1. The van der Waals surface area contributed by atoms with Gasteiger partial charge in [0.05, 0.1) is 26.4 Å². The van der Waals surface area contributed by atoms with Crippen LogP contribution in [0.5, 0.6) is 5.75 Å². The number of methoxy groups -OCH3 is 1. The lowest BCUT2D eigenvalue weighted by molar-refractivity contribution is -0.182. The smallest absolute Gasteiger partial charge is 0.240 e. The number of amides is 1. The first-order valence-corrected chi connectivity index (χ1v) is 14.1. The van der Waals surface area contributed by atoms with Gasteiger partial charge in [0.15, 0.2) is 0 Å². The Morgan fingerprint density at radius 3 is 2.62 bits per heavy atom. The number of benzene rings is 2. The van der Waals surface area contributed by atoms with Crippen molar-refractivity contribution in [2.45, 2.75) is 70.9 Å². The van der Waals surface area contributed by atoms with E-state index >= 15 is 0 Å². The van der Waals surface area contributed by atoms with E-state index in [0.717, 1.165) is 35.2 Å². The minimum Gasteiger partial charge on any atom is -0.496 e. The van der Waals surface area contributed by atoms with Crippen molar-refractivity contribution in [2.24, 2.45) is 17.8 Å². The van der Waals surface area contributed by atoms with Crippen LogP contribution in [-0.2, 0) is 16.2 Å². The zero-order valence-electron chi connectivity index (χ0n) is 24.1. The summed E-state index contributed by atoms with van der Waals surface area (Å²) < 4.78 is 5.92. The quantitative estimate of drug-likeness (QED) is 0.446. The summed E-state index contributed by atoms with van der Waals surface area (Å²) >= 11 is 0. The molecule has 0 bridgehead atoms. The summed E-state index contributed by atoms with van der Waals surface area (Å²) in [4.78, 5) is 22.0. The van der Waals surface area contributed by atoms with Crippen LogP contribution in [0.15, 0.2) is 42.5 Å². The minimum absolute atomic E-state index is 0.0766. The van der Waals surface area contributed by atoms with Gasteiger partial charge in [-0.2, -0.15) is 5.06 Å². The highest BCUT2D eigenvalue weighted by Gasteiger charge is 2.50. The Labute approximate surface area is 232 Å². The maximum Gasteiger partial charge on any atom is 0.240 e. The fourth-order valence-corrected chi connectivity index (χ4v) is 6.23. The molecule has 0 radical (unpaired) electrons. The number of rotatable bonds is 9. The number of carbonyl (C=O) groups excluding carboxylic acids is 1. The van der Waals surface area contributed by atoms with E-state index in [4.69, 9.17) is 9.57 Å². The van der Waals surface area contributed by atoms with E-state index in [-0.39, 0.29) is 25.1 Å². The van der Waals surface area contributed by atoms with Crippen LogP contribution in [0.2, 0.25) is 0 Å². The molecule has 2 aromatic carbocycles. The molecular weight excluding hydrogens is 494 g/mol. The van der Waals surface area contributed by atoms with Gasteiger partial charge in [-0.1, -0.05) is 57.0 Å². The molecule has 1 aliphatic heterocycles. The lowest BCUT2D eigenvalue weighted by Gasteiger charge is -2.36. The molecule has 0 unspecified atom stereocenters. The Morgan fingerprint density at radius 1 is 1.21 bits per heavy atom. The highest BCUT2D eigenvalue weighted by atomic mass is 16.7. The summed E-state index contributed by atoms with van der Waals surface area (Å²) in [6.07, 6.45) is 1.67. The lowest BCUT2D eigenvalue weighted by atomic mass is 9.77. The number of para-hydroxylation sites is 1. The molecule has 0 aromatic heterocycles. The molecule has 1 heterocycles. The fraction of sp³-hybridized carbons (Fsp3) is 0.581. The number of aliphatic hydroxyl groups is 2. The van der Waals surface area contributed by atoms with Crippen LogP contribution >= 0.6 is 0 Å². The summed E-state index contributed by atoms with van der Waals surface area (Å²) in [5, 5.41) is 25.7. The number of hydrogen-bond donors (Lipinski definition) is 3. The Kier molecular flexibility index (Phi) is 9.54. The molecular formula is C31H45N3O5. The molecule has 1 saturated carbocycles. The van der Waals surface area contributed by atoms with E-state index in [2.05, 4.69) is 42.3 Å². The Morgan fingerprint density at radius 2 is 1.95 bits per heavy atom. The second-order valence-corrected chi connectivity index (χ2v) is 11.5. The standard InChI is InChI=1S/C31H45N3O5/c1-19-10-7-15-26(20(19)2)32-31(37)29-28(21(3)36)27(18-35)39-34(29)17-23-12-9-14-25(30(23)38-6)22-11-8-13-24(16-22)33(4)5/h8-9,11-14,16,19-21,26-29,35-36H,7,10,15,17-18H2,1-6H3,(H,32,37)/t19-,20-,21-,26-,27-,28+,29-/m0/s1. The molecule has 39 heavy (non-hydrogen) atoms. The number of anilines is 1. The molecule has 4 rings (SSSR count). The first-order chi connectivity index (χ1) is 18.7. The number of hydrogen-bond acceptors (Lipinski definition) is 7. The largest absolute Gasteiger partial charge is 0.496 e. The molecule has 1 amide bonds. The van der Waals surface area contributed by atoms with Crippen LogP contribution in [0.4, 0.5) is 5.69 Å². The minimum atomic E-state index is -0.840. The Bertz CT molecular complexity index is 1120. The number of hydroxylamine groups is 2. The molecule has 2 fully saturated rings.